The topological polar surface area (TPSA) is 89.8 Å². The van der Waals surface area contributed by atoms with Crippen molar-refractivity contribution in [1.82, 2.24) is 9.88 Å². The number of aliphatic imine (C=N–C) groups is 1. The number of aromatic nitrogens is 1. The Balaban J connectivity index is 1.33. The summed E-state index contributed by atoms with van der Waals surface area (Å²) < 4.78 is 45.2. The van der Waals surface area contributed by atoms with Crippen LogP contribution in [0.15, 0.2) is 23.3 Å². The van der Waals surface area contributed by atoms with Crippen molar-refractivity contribution in [3.8, 4) is 0 Å². The second-order valence-corrected chi connectivity index (χ2v) is 9.59. The standard InChI is InChI=1S/C23H30F3N5O/c24-23(25,26)18-7-14(12-30-22(18)28)19(27)10-20(29-11-13-1-2-13)21-16-8-15(9-17(16)21)31-3-5-32-6-4-31/h7,10,12-13,15-17,21H,1-6,8-9,11,27H2,(H2,28,30)/t15?,16-,17+,21?. The van der Waals surface area contributed by atoms with Crippen molar-refractivity contribution in [3.63, 3.8) is 0 Å². The van der Waals surface area contributed by atoms with Gasteiger partial charge >= 0.3 is 6.18 Å². The van der Waals surface area contributed by atoms with E-state index in [1.54, 1.807) is 6.08 Å². The predicted molar refractivity (Wildman–Crippen MR) is 117 cm³/mol. The number of pyridine rings is 1. The largest absolute Gasteiger partial charge is 0.419 e. The second-order valence-electron chi connectivity index (χ2n) is 9.59. The molecule has 0 radical (unpaired) electrons. The van der Waals surface area contributed by atoms with Crippen LogP contribution in [0.25, 0.3) is 5.70 Å². The molecule has 4 N–H and O–H groups in total. The fraction of sp³-hybridized carbons (Fsp3) is 0.652. The van der Waals surface area contributed by atoms with Gasteiger partial charge in [-0.3, -0.25) is 9.89 Å². The van der Waals surface area contributed by atoms with Crippen molar-refractivity contribution in [2.45, 2.75) is 37.9 Å². The van der Waals surface area contributed by atoms with E-state index in [9.17, 15) is 13.2 Å². The minimum absolute atomic E-state index is 0.225. The average molecular weight is 450 g/mol. The zero-order valence-corrected chi connectivity index (χ0v) is 18.0. The lowest BCUT2D eigenvalue weighted by Crippen LogP contribution is -2.43. The van der Waals surface area contributed by atoms with Gasteiger partial charge in [0.15, 0.2) is 0 Å². The van der Waals surface area contributed by atoms with Crippen LogP contribution in [0.1, 0.15) is 36.8 Å². The van der Waals surface area contributed by atoms with Gasteiger partial charge in [0.2, 0.25) is 0 Å². The van der Waals surface area contributed by atoms with Gasteiger partial charge in [0.05, 0.1) is 18.8 Å². The van der Waals surface area contributed by atoms with Gasteiger partial charge in [0, 0.05) is 54.8 Å². The third-order valence-electron chi connectivity index (χ3n) is 7.41. The van der Waals surface area contributed by atoms with Crippen LogP contribution in [-0.2, 0) is 10.9 Å². The summed E-state index contributed by atoms with van der Waals surface area (Å²) in [7, 11) is 0. The van der Waals surface area contributed by atoms with Crippen molar-refractivity contribution in [3.05, 3.63) is 29.5 Å². The molecule has 9 heteroatoms. The highest BCUT2D eigenvalue weighted by Gasteiger charge is 2.58. The van der Waals surface area contributed by atoms with E-state index in [1.165, 1.54) is 19.0 Å². The SMILES string of the molecule is NC(=CC(=NCC1CC1)C1[C@H]2CC(N3CCOCC3)C[C@@H]12)c1cnc(N)c(C(F)(F)F)c1. The Morgan fingerprint density at radius 3 is 2.53 bits per heavy atom. The maximum atomic E-state index is 13.2. The predicted octanol–water partition coefficient (Wildman–Crippen LogP) is 3.19. The first-order valence-electron chi connectivity index (χ1n) is 11.5. The van der Waals surface area contributed by atoms with E-state index < -0.39 is 17.6 Å². The number of nitrogen functional groups attached to an aromatic ring is 1. The van der Waals surface area contributed by atoms with Crippen LogP contribution in [0, 0.1) is 23.7 Å². The first kappa shape index (κ1) is 21.7. The van der Waals surface area contributed by atoms with E-state index in [0.717, 1.165) is 57.5 Å². The van der Waals surface area contributed by atoms with Gasteiger partial charge in [-0.1, -0.05) is 0 Å². The molecule has 5 rings (SSSR count). The molecule has 4 fully saturated rings. The molecule has 3 aliphatic carbocycles. The number of ether oxygens (including phenoxy) is 1. The number of alkyl halides is 3. The minimum Gasteiger partial charge on any atom is -0.398 e. The number of halogens is 3. The van der Waals surface area contributed by atoms with Crippen LogP contribution in [0.2, 0.25) is 0 Å². The molecule has 2 unspecified atom stereocenters. The fourth-order valence-electron chi connectivity index (χ4n) is 5.38. The molecule has 0 bridgehead atoms. The van der Waals surface area contributed by atoms with Crippen molar-refractivity contribution in [2.24, 2.45) is 34.4 Å². The van der Waals surface area contributed by atoms with Crippen LogP contribution < -0.4 is 11.5 Å². The third-order valence-corrected chi connectivity index (χ3v) is 7.41. The number of fused-ring (bicyclic) bond motifs is 1. The lowest BCUT2D eigenvalue weighted by molar-refractivity contribution is -0.137. The van der Waals surface area contributed by atoms with Crippen molar-refractivity contribution < 1.29 is 17.9 Å². The summed E-state index contributed by atoms with van der Waals surface area (Å²) in [5.74, 6) is 1.62. The van der Waals surface area contributed by atoms with Crippen molar-refractivity contribution in [2.75, 3.05) is 38.6 Å². The molecule has 1 aromatic rings. The molecular weight excluding hydrogens is 419 g/mol. The number of hydrogen-bond acceptors (Lipinski definition) is 6. The zero-order chi connectivity index (χ0) is 22.5. The summed E-state index contributed by atoms with van der Waals surface area (Å²) >= 11 is 0. The molecular formula is C23H30F3N5O. The number of rotatable bonds is 6. The Hall–Kier alpha value is -2.13. The molecule has 1 saturated heterocycles. The number of allylic oxidation sites excluding steroid dienone is 1. The molecule has 2 heterocycles. The zero-order valence-electron chi connectivity index (χ0n) is 18.0. The summed E-state index contributed by atoms with van der Waals surface area (Å²) in [6.07, 6.45) is 3.20. The van der Waals surface area contributed by atoms with Crippen LogP contribution in [0.3, 0.4) is 0 Å². The molecule has 4 aliphatic rings. The average Bonchev–Trinajstić information content (AvgIpc) is 3.68. The normalized spacial score (nSPS) is 31.6. The smallest absolute Gasteiger partial charge is 0.398 e. The van der Waals surface area contributed by atoms with Gasteiger partial charge in [0.25, 0.3) is 0 Å². The van der Waals surface area contributed by atoms with Gasteiger partial charge < -0.3 is 16.2 Å². The molecule has 3 saturated carbocycles. The number of nitrogens with zero attached hydrogens (tertiary/aromatic N) is 3. The Morgan fingerprint density at radius 1 is 1.22 bits per heavy atom. The van der Waals surface area contributed by atoms with E-state index in [0.29, 0.717) is 29.7 Å². The monoisotopic (exact) mass is 449 g/mol. The highest BCUT2D eigenvalue weighted by molar-refractivity contribution is 6.04. The van der Waals surface area contributed by atoms with Gasteiger partial charge in [-0.05, 0) is 55.6 Å². The molecule has 1 aromatic heterocycles. The molecule has 4 atom stereocenters. The first-order chi connectivity index (χ1) is 15.3. The highest BCUT2D eigenvalue weighted by atomic mass is 19.4. The van der Waals surface area contributed by atoms with E-state index in [2.05, 4.69) is 9.88 Å². The van der Waals surface area contributed by atoms with Crippen LogP contribution in [-0.4, -0.2) is 54.5 Å². The van der Waals surface area contributed by atoms with Gasteiger partial charge in [-0.25, -0.2) is 4.98 Å². The van der Waals surface area contributed by atoms with Gasteiger partial charge in [-0.15, -0.1) is 0 Å². The fourth-order valence-corrected chi connectivity index (χ4v) is 5.38. The van der Waals surface area contributed by atoms with E-state index in [4.69, 9.17) is 21.2 Å². The number of nitrogens with two attached hydrogens (primary N) is 2. The molecule has 0 amide bonds. The summed E-state index contributed by atoms with van der Waals surface area (Å²) in [6, 6.07) is 1.58. The highest BCUT2D eigenvalue weighted by Crippen LogP contribution is 2.59. The summed E-state index contributed by atoms with van der Waals surface area (Å²) in [5.41, 5.74) is 12.1. The van der Waals surface area contributed by atoms with Crippen molar-refractivity contribution >= 4 is 17.2 Å². The molecule has 6 nitrogen and oxygen atoms in total. The Morgan fingerprint density at radius 2 is 1.91 bits per heavy atom. The first-order valence-corrected chi connectivity index (χ1v) is 11.5. The van der Waals surface area contributed by atoms with Crippen LogP contribution in [0.4, 0.5) is 19.0 Å². The summed E-state index contributed by atoms with van der Waals surface area (Å²) in [4.78, 5) is 11.1. The van der Waals surface area contributed by atoms with E-state index >= 15 is 0 Å². The number of hydrogen-bond donors (Lipinski definition) is 2. The maximum Gasteiger partial charge on any atom is 0.419 e. The second kappa shape index (κ2) is 8.33. The molecule has 174 valence electrons. The lowest BCUT2D eigenvalue weighted by Gasteiger charge is -2.33. The van der Waals surface area contributed by atoms with Gasteiger partial charge in [0.1, 0.15) is 5.82 Å². The molecule has 32 heavy (non-hydrogen) atoms. The van der Waals surface area contributed by atoms with Crippen LogP contribution in [0.5, 0.6) is 0 Å². The molecule has 0 aromatic carbocycles. The van der Waals surface area contributed by atoms with E-state index in [-0.39, 0.29) is 11.3 Å². The maximum absolute atomic E-state index is 13.2. The Bertz CT molecular complexity index is 909. The van der Waals surface area contributed by atoms with E-state index in [1.807, 2.05) is 0 Å². The van der Waals surface area contributed by atoms with Crippen molar-refractivity contribution in [1.29, 1.82) is 0 Å². The number of morpholine rings is 1. The summed E-state index contributed by atoms with van der Waals surface area (Å²) in [6.45, 7) is 4.37. The number of anilines is 1. The summed E-state index contributed by atoms with van der Waals surface area (Å²) in [5, 5.41) is 0. The Labute approximate surface area is 185 Å². The lowest BCUT2D eigenvalue weighted by atomic mass is 10.00. The molecule has 1 aliphatic heterocycles. The Kier molecular flexibility index (Phi) is 5.65. The van der Waals surface area contributed by atoms with Gasteiger partial charge in [-0.2, -0.15) is 13.2 Å². The minimum atomic E-state index is -4.57. The third kappa shape index (κ3) is 4.50. The molecule has 0 spiro atoms. The quantitative estimate of drug-likeness (QED) is 0.651. The van der Waals surface area contributed by atoms with Crippen LogP contribution >= 0.6 is 0 Å².